The van der Waals surface area contributed by atoms with E-state index in [9.17, 15) is 9.18 Å². The van der Waals surface area contributed by atoms with Crippen LogP contribution in [0.1, 0.15) is 35.1 Å². The van der Waals surface area contributed by atoms with E-state index in [-0.39, 0.29) is 11.6 Å². The molecule has 0 saturated carbocycles. The van der Waals surface area contributed by atoms with Gasteiger partial charge >= 0.3 is 0 Å². The first-order valence-corrected chi connectivity index (χ1v) is 9.62. The Morgan fingerprint density at radius 2 is 2.04 bits per heavy atom. The molecule has 0 amide bonds. The standard InChI is InChI=1S/C20H22FN3OS/c1-4-10-23-11-9-22-20(23)26-13-19(25)16-12-14(2)24(15(16)3)18-8-6-5-7-17(18)21/h5-9,11-12H,4,10,13H2,1-3H3. The molecule has 0 saturated heterocycles. The Kier molecular flexibility index (Phi) is 5.61. The van der Waals surface area contributed by atoms with Crippen LogP contribution in [0.15, 0.2) is 47.9 Å². The van der Waals surface area contributed by atoms with Crippen LogP contribution < -0.4 is 0 Å². The topological polar surface area (TPSA) is 39.8 Å². The highest BCUT2D eigenvalue weighted by Crippen LogP contribution is 2.25. The van der Waals surface area contributed by atoms with Gasteiger partial charge in [0.2, 0.25) is 0 Å². The second-order valence-corrected chi connectivity index (χ2v) is 7.13. The molecule has 0 aliphatic carbocycles. The number of Topliss-reactive ketones (excluding diaryl/α,β-unsaturated/α-hetero) is 1. The first-order valence-electron chi connectivity index (χ1n) is 8.64. The SMILES string of the molecule is CCCn1ccnc1SCC(=O)c1cc(C)n(-c2ccccc2F)c1C. The maximum absolute atomic E-state index is 14.2. The van der Waals surface area contributed by atoms with Crippen LogP contribution in [0.4, 0.5) is 4.39 Å². The minimum absolute atomic E-state index is 0.0248. The molecule has 26 heavy (non-hydrogen) atoms. The highest BCUT2D eigenvalue weighted by Gasteiger charge is 2.19. The van der Waals surface area contributed by atoms with Crippen molar-refractivity contribution in [3.63, 3.8) is 0 Å². The normalized spacial score (nSPS) is 11.1. The zero-order chi connectivity index (χ0) is 18.7. The van der Waals surface area contributed by atoms with Gasteiger partial charge in [-0.15, -0.1) is 0 Å². The van der Waals surface area contributed by atoms with Crippen LogP contribution in [-0.4, -0.2) is 25.7 Å². The summed E-state index contributed by atoms with van der Waals surface area (Å²) in [6.45, 7) is 6.74. The molecular formula is C20H22FN3OS. The van der Waals surface area contributed by atoms with Crippen molar-refractivity contribution in [3.05, 3.63) is 65.5 Å². The van der Waals surface area contributed by atoms with E-state index in [1.165, 1.54) is 17.8 Å². The smallest absolute Gasteiger partial charge is 0.175 e. The van der Waals surface area contributed by atoms with E-state index in [2.05, 4.69) is 16.5 Å². The molecule has 6 heteroatoms. The summed E-state index contributed by atoms with van der Waals surface area (Å²) in [5.74, 6) is 0.0310. The molecule has 4 nitrogen and oxygen atoms in total. The van der Waals surface area contributed by atoms with Crippen LogP contribution in [0.2, 0.25) is 0 Å². The first kappa shape index (κ1) is 18.5. The number of para-hydroxylation sites is 1. The summed E-state index contributed by atoms with van der Waals surface area (Å²) < 4.78 is 18.0. The average Bonchev–Trinajstić information content (AvgIpc) is 3.18. The van der Waals surface area contributed by atoms with Gasteiger partial charge in [-0.25, -0.2) is 9.37 Å². The molecule has 3 aromatic rings. The van der Waals surface area contributed by atoms with Crippen molar-refractivity contribution in [1.29, 1.82) is 0 Å². The molecule has 0 atom stereocenters. The van der Waals surface area contributed by atoms with Gasteiger partial charge < -0.3 is 9.13 Å². The molecule has 0 N–H and O–H groups in total. The van der Waals surface area contributed by atoms with E-state index >= 15 is 0 Å². The van der Waals surface area contributed by atoms with Crippen molar-refractivity contribution < 1.29 is 9.18 Å². The van der Waals surface area contributed by atoms with Crippen molar-refractivity contribution in [2.45, 2.75) is 38.9 Å². The third-order valence-corrected chi connectivity index (χ3v) is 5.30. The fourth-order valence-electron chi connectivity index (χ4n) is 3.10. The van der Waals surface area contributed by atoms with Crippen molar-refractivity contribution >= 4 is 17.5 Å². The number of nitrogens with zero attached hydrogens (tertiary/aromatic N) is 3. The number of benzene rings is 1. The summed E-state index contributed by atoms with van der Waals surface area (Å²) in [5.41, 5.74) is 2.70. The minimum atomic E-state index is -0.302. The van der Waals surface area contributed by atoms with Crippen LogP contribution in [0.25, 0.3) is 5.69 Å². The van der Waals surface area contributed by atoms with Gasteiger partial charge in [-0.2, -0.15) is 0 Å². The molecule has 136 valence electrons. The van der Waals surface area contributed by atoms with Crippen LogP contribution in [0.3, 0.4) is 0 Å². The van der Waals surface area contributed by atoms with E-state index in [1.807, 2.05) is 26.1 Å². The van der Waals surface area contributed by atoms with Gasteiger partial charge in [0.15, 0.2) is 10.9 Å². The first-order chi connectivity index (χ1) is 12.5. The second kappa shape index (κ2) is 7.91. The number of carbonyl (C=O) groups excluding carboxylic acids is 1. The maximum Gasteiger partial charge on any atom is 0.175 e. The average molecular weight is 371 g/mol. The van der Waals surface area contributed by atoms with Crippen LogP contribution in [0, 0.1) is 19.7 Å². The summed E-state index contributed by atoms with van der Waals surface area (Å²) in [5, 5.41) is 0.850. The molecule has 3 rings (SSSR count). The Morgan fingerprint density at radius 3 is 2.77 bits per heavy atom. The Hall–Kier alpha value is -2.34. The van der Waals surface area contributed by atoms with Crippen LogP contribution >= 0.6 is 11.8 Å². The predicted molar refractivity (Wildman–Crippen MR) is 103 cm³/mol. The molecule has 1 aromatic carbocycles. The largest absolute Gasteiger partial charge is 0.326 e. The Morgan fingerprint density at radius 1 is 1.27 bits per heavy atom. The number of hydrogen-bond donors (Lipinski definition) is 0. The van der Waals surface area contributed by atoms with Crippen LogP contribution in [0.5, 0.6) is 0 Å². The van der Waals surface area contributed by atoms with E-state index in [0.29, 0.717) is 17.0 Å². The van der Waals surface area contributed by atoms with Gasteiger partial charge in [0, 0.05) is 35.9 Å². The van der Waals surface area contributed by atoms with Gasteiger partial charge in [0.05, 0.1) is 11.4 Å². The molecule has 2 heterocycles. The maximum atomic E-state index is 14.2. The molecule has 0 fully saturated rings. The number of imidazole rings is 1. The van der Waals surface area contributed by atoms with Crippen molar-refractivity contribution in [3.8, 4) is 5.69 Å². The van der Waals surface area contributed by atoms with E-state index in [0.717, 1.165) is 29.5 Å². The number of thioether (sulfide) groups is 1. The van der Waals surface area contributed by atoms with Crippen molar-refractivity contribution in [2.24, 2.45) is 0 Å². The lowest BCUT2D eigenvalue weighted by atomic mass is 10.2. The third-order valence-electron chi connectivity index (χ3n) is 4.30. The second-order valence-electron chi connectivity index (χ2n) is 6.19. The number of ketones is 1. The molecule has 0 bridgehead atoms. The van der Waals surface area contributed by atoms with Crippen molar-refractivity contribution in [2.75, 3.05) is 5.75 Å². The zero-order valence-electron chi connectivity index (χ0n) is 15.2. The lowest BCUT2D eigenvalue weighted by Gasteiger charge is -2.10. The lowest BCUT2D eigenvalue weighted by molar-refractivity contribution is 0.102. The number of aromatic nitrogens is 3. The number of hydrogen-bond acceptors (Lipinski definition) is 3. The van der Waals surface area contributed by atoms with Gasteiger partial charge in [0.25, 0.3) is 0 Å². The molecule has 2 aromatic heterocycles. The minimum Gasteiger partial charge on any atom is -0.326 e. The quantitative estimate of drug-likeness (QED) is 0.442. The van der Waals surface area contributed by atoms with Gasteiger partial charge in [-0.1, -0.05) is 30.8 Å². The molecular weight excluding hydrogens is 349 g/mol. The number of halogens is 1. The zero-order valence-corrected chi connectivity index (χ0v) is 16.0. The fraction of sp³-hybridized carbons (Fsp3) is 0.300. The monoisotopic (exact) mass is 371 g/mol. The molecule has 0 aliphatic rings. The van der Waals surface area contributed by atoms with E-state index in [1.54, 1.807) is 29.0 Å². The summed E-state index contributed by atoms with van der Waals surface area (Å²) in [6, 6.07) is 8.44. The summed E-state index contributed by atoms with van der Waals surface area (Å²) >= 11 is 1.44. The van der Waals surface area contributed by atoms with Gasteiger partial charge in [0.1, 0.15) is 5.82 Å². The summed E-state index contributed by atoms with van der Waals surface area (Å²) in [7, 11) is 0. The fourth-order valence-corrected chi connectivity index (χ4v) is 3.97. The molecule has 0 spiro atoms. The lowest BCUT2D eigenvalue weighted by Crippen LogP contribution is -2.07. The number of carbonyl (C=O) groups is 1. The van der Waals surface area contributed by atoms with E-state index < -0.39 is 0 Å². The summed E-state index contributed by atoms with van der Waals surface area (Å²) in [6.07, 6.45) is 4.70. The summed E-state index contributed by atoms with van der Waals surface area (Å²) in [4.78, 5) is 17.1. The highest BCUT2D eigenvalue weighted by atomic mass is 32.2. The third kappa shape index (κ3) is 3.60. The Labute approximate surface area is 157 Å². The number of rotatable bonds is 7. The number of aryl methyl sites for hydroxylation is 2. The Balaban J connectivity index is 1.82. The molecule has 0 radical (unpaired) electrons. The highest BCUT2D eigenvalue weighted by molar-refractivity contribution is 7.99. The Bertz CT molecular complexity index is 929. The molecule has 0 aliphatic heterocycles. The van der Waals surface area contributed by atoms with E-state index in [4.69, 9.17) is 0 Å². The van der Waals surface area contributed by atoms with Crippen molar-refractivity contribution in [1.82, 2.24) is 14.1 Å². The van der Waals surface area contributed by atoms with Crippen LogP contribution in [-0.2, 0) is 6.54 Å². The van der Waals surface area contributed by atoms with Gasteiger partial charge in [-0.3, -0.25) is 4.79 Å². The molecule has 0 unspecified atom stereocenters. The van der Waals surface area contributed by atoms with Gasteiger partial charge in [-0.05, 0) is 38.5 Å². The predicted octanol–water partition coefficient (Wildman–Crippen LogP) is 4.81.